The SMILES string of the molecule is CCC1(C(N)=O)CC1(CC)c1ccccc1CN. The van der Waals surface area contributed by atoms with E-state index in [-0.39, 0.29) is 16.7 Å². The highest BCUT2D eigenvalue weighted by Gasteiger charge is 2.69. The summed E-state index contributed by atoms with van der Waals surface area (Å²) in [6.45, 7) is 4.69. The van der Waals surface area contributed by atoms with E-state index in [4.69, 9.17) is 11.5 Å². The Morgan fingerprint density at radius 3 is 2.39 bits per heavy atom. The number of benzene rings is 1. The quantitative estimate of drug-likeness (QED) is 0.835. The van der Waals surface area contributed by atoms with E-state index in [9.17, 15) is 4.79 Å². The second-order valence-electron chi connectivity index (χ2n) is 5.27. The number of hydrogen-bond acceptors (Lipinski definition) is 2. The van der Waals surface area contributed by atoms with Crippen LogP contribution in [0, 0.1) is 5.41 Å². The molecule has 0 aromatic heterocycles. The van der Waals surface area contributed by atoms with Gasteiger partial charge in [-0.1, -0.05) is 38.1 Å². The highest BCUT2D eigenvalue weighted by atomic mass is 16.1. The van der Waals surface area contributed by atoms with Gasteiger partial charge in [-0.05, 0) is 30.4 Å². The van der Waals surface area contributed by atoms with Crippen molar-refractivity contribution in [1.82, 2.24) is 0 Å². The summed E-state index contributed by atoms with van der Waals surface area (Å²) >= 11 is 0. The molecule has 1 saturated carbocycles. The zero-order valence-electron chi connectivity index (χ0n) is 11.2. The number of carbonyl (C=O) groups is 1. The molecule has 1 aromatic carbocycles. The Kier molecular flexibility index (Phi) is 3.20. The van der Waals surface area contributed by atoms with Crippen molar-refractivity contribution in [2.75, 3.05) is 0 Å². The molecule has 2 atom stereocenters. The van der Waals surface area contributed by atoms with Gasteiger partial charge in [0.15, 0.2) is 0 Å². The van der Waals surface area contributed by atoms with Crippen molar-refractivity contribution in [3.05, 3.63) is 35.4 Å². The van der Waals surface area contributed by atoms with Crippen LogP contribution < -0.4 is 11.5 Å². The molecule has 1 aliphatic rings. The van der Waals surface area contributed by atoms with Crippen molar-refractivity contribution in [1.29, 1.82) is 0 Å². The molecule has 2 unspecified atom stereocenters. The number of rotatable bonds is 5. The van der Waals surface area contributed by atoms with Gasteiger partial charge in [-0.2, -0.15) is 0 Å². The normalized spacial score (nSPS) is 30.2. The number of nitrogens with two attached hydrogens (primary N) is 2. The van der Waals surface area contributed by atoms with Crippen LogP contribution >= 0.6 is 0 Å². The molecular weight excluding hydrogens is 224 g/mol. The van der Waals surface area contributed by atoms with Crippen LogP contribution in [0.4, 0.5) is 0 Å². The molecule has 0 heterocycles. The standard InChI is InChI=1S/C15H22N2O/c1-3-14(10-15(14,4-2)13(17)18)12-8-6-5-7-11(12)9-16/h5-8H,3-4,9-10,16H2,1-2H3,(H2,17,18). The van der Waals surface area contributed by atoms with Gasteiger partial charge in [0.1, 0.15) is 0 Å². The minimum atomic E-state index is -0.368. The van der Waals surface area contributed by atoms with Gasteiger partial charge in [0.2, 0.25) is 5.91 Å². The molecule has 18 heavy (non-hydrogen) atoms. The van der Waals surface area contributed by atoms with Crippen molar-refractivity contribution in [2.45, 2.75) is 45.1 Å². The summed E-state index contributed by atoms with van der Waals surface area (Å²) in [6, 6.07) is 8.17. The molecule has 0 radical (unpaired) electrons. The highest BCUT2D eigenvalue weighted by molar-refractivity contribution is 5.87. The van der Waals surface area contributed by atoms with Crippen LogP contribution in [0.3, 0.4) is 0 Å². The molecule has 1 amide bonds. The number of carbonyl (C=O) groups excluding carboxylic acids is 1. The monoisotopic (exact) mass is 246 g/mol. The van der Waals surface area contributed by atoms with E-state index < -0.39 is 0 Å². The Balaban J connectivity index is 2.51. The van der Waals surface area contributed by atoms with E-state index in [1.807, 2.05) is 25.1 Å². The van der Waals surface area contributed by atoms with E-state index in [2.05, 4.69) is 13.0 Å². The van der Waals surface area contributed by atoms with Gasteiger partial charge in [0.05, 0.1) is 5.41 Å². The molecule has 0 bridgehead atoms. The van der Waals surface area contributed by atoms with Gasteiger partial charge >= 0.3 is 0 Å². The van der Waals surface area contributed by atoms with Crippen LogP contribution in [-0.2, 0) is 16.8 Å². The molecule has 0 aliphatic heterocycles. The van der Waals surface area contributed by atoms with Crippen molar-refractivity contribution < 1.29 is 4.79 Å². The fraction of sp³-hybridized carbons (Fsp3) is 0.533. The maximum Gasteiger partial charge on any atom is 0.224 e. The molecule has 0 spiro atoms. The zero-order valence-corrected chi connectivity index (χ0v) is 11.2. The lowest BCUT2D eigenvalue weighted by molar-refractivity contribution is -0.124. The molecule has 98 valence electrons. The Morgan fingerprint density at radius 2 is 1.94 bits per heavy atom. The summed E-state index contributed by atoms with van der Waals surface area (Å²) in [5.74, 6) is -0.168. The van der Waals surface area contributed by atoms with Crippen molar-refractivity contribution in [3.63, 3.8) is 0 Å². The molecular formula is C15H22N2O. The maximum atomic E-state index is 11.9. The third-order valence-electron chi connectivity index (χ3n) is 4.83. The summed E-state index contributed by atoms with van der Waals surface area (Å²) in [4.78, 5) is 11.9. The summed E-state index contributed by atoms with van der Waals surface area (Å²) in [5, 5.41) is 0. The van der Waals surface area contributed by atoms with Crippen LogP contribution in [0.15, 0.2) is 24.3 Å². The summed E-state index contributed by atoms with van der Waals surface area (Å²) in [6.07, 6.45) is 2.59. The Bertz CT molecular complexity index is 471. The second-order valence-corrected chi connectivity index (χ2v) is 5.27. The van der Waals surface area contributed by atoms with Crippen molar-refractivity contribution in [2.24, 2.45) is 16.9 Å². The summed E-state index contributed by atoms with van der Waals surface area (Å²) < 4.78 is 0. The zero-order chi connectivity index (χ0) is 13.4. The van der Waals surface area contributed by atoms with Crippen LogP contribution in [0.5, 0.6) is 0 Å². The topological polar surface area (TPSA) is 69.1 Å². The molecule has 3 heteroatoms. The van der Waals surface area contributed by atoms with Gasteiger partial charge < -0.3 is 11.5 Å². The third kappa shape index (κ3) is 1.50. The van der Waals surface area contributed by atoms with E-state index >= 15 is 0 Å². The lowest BCUT2D eigenvalue weighted by atomic mass is 9.80. The van der Waals surface area contributed by atoms with Gasteiger partial charge in [-0.15, -0.1) is 0 Å². The van der Waals surface area contributed by atoms with Crippen LogP contribution in [-0.4, -0.2) is 5.91 Å². The second kappa shape index (κ2) is 4.39. The Hall–Kier alpha value is -1.35. The first kappa shape index (κ1) is 13.1. The minimum absolute atomic E-state index is 0.0937. The first-order valence-corrected chi connectivity index (χ1v) is 6.66. The first-order chi connectivity index (χ1) is 8.58. The number of amides is 1. The molecule has 1 aromatic rings. The van der Waals surface area contributed by atoms with E-state index in [0.29, 0.717) is 6.54 Å². The van der Waals surface area contributed by atoms with Crippen molar-refractivity contribution in [3.8, 4) is 0 Å². The molecule has 3 nitrogen and oxygen atoms in total. The lowest BCUT2D eigenvalue weighted by Gasteiger charge is -2.24. The van der Waals surface area contributed by atoms with Crippen LogP contribution in [0.2, 0.25) is 0 Å². The Labute approximate surface area is 109 Å². The van der Waals surface area contributed by atoms with E-state index in [0.717, 1.165) is 24.8 Å². The van der Waals surface area contributed by atoms with Crippen LogP contribution in [0.25, 0.3) is 0 Å². The summed E-state index contributed by atoms with van der Waals surface area (Å²) in [7, 11) is 0. The van der Waals surface area contributed by atoms with Gasteiger partial charge in [0.25, 0.3) is 0 Å². The first-order valence-electron chi connectivity index (χ1n) is 6.66. The molecule has 1 fully saturated rings. The molecule has 2 rings (SSSR count). The average molecular weight is 246 g/mol. The van der Waals surface area contributed by atoms with Gasteiger partial charge in [0, 0.05) is 12.0 Å². The van der Waals surface area contributed by atoms with E-state index in [1.165, 1.54) is 5.56 Å². The maximum absolute atomic E-state index is 11.9. The average Bonchev–Trinajstić information content (AvgIpc) is 3.10. The van der Waals surface area contributed by atoms with Gasteiger partial charge in [-0.25, -0.2) is 0 Å². The number of hydrogen-bond donors (Lipinski definition) is 2. The minimum Gasteiger partial charge on any atom is -0.369 e. The van der Waals surface area contributed by atoms with Gasteiger partial charge in [-0.3, -0.25) is 4.79 Å². The molecule has 0 saturated heterocycles. The van der Waals surface area contributed by atoms with E-state index in [1.54, 1.807) is 0 Å². The molecule has 1 aliphatic carbocycles. The fourth-order valence-corrected chi connectivity index (χ4v) is 3.60. The lowest BCUT2D eigenvalue weighted by Crippen LogP contribution is -2.32. The van der Waals surface area contributed by atoms with Crippen molar-refractivity contribution >= 4 is 5.91 Å². The largest absolute Gasteiger partial charge is 0.369 e. The predicted molar refractivity (Wildman–Crippen MR) is 72.8 cm³/mol. The predicted octanol–water partition coefficient (Wildman–Crippen LogP) is 2.08. The summed E-state index contributed by atoms with van der Waals surface area (Å²) in [5.41, 5.74) is 13.4. The number of primary amides is 1. The smallest absolute Gasteiger partial charge is 0.224 e. The highest BCUT2D eigenvalue weighted by Crippen LogP contribution is 2.68. The fourth-order valence-electron chi connectivity index (χ4n) is 3.60. The van der Waals surface area contributed by atoms with Crippen LogP contribution in [0.1, 0.15) is 44.2 Å². The Morgan fingerprint density at radius 1 is 1.28 bits per heavy atom. The third-order valence-corrected chi connectivity index (χ3v) is 4.83. The molecule has 4 N–H and O–H groups in total.